The summed E-state index contributed by atoms with van der Waals surface area (Å²) in [5.41, 5.74) is -4.27. The Morgan fingerprint density at radius 2 is 1.78 bits per heavy atom. The number of halogens is 3. The van der Waals surface area contributed by atoms with Gasteiger partial charge in [-0.2, -0.15) is 18.4 Å². The minimum absolute atomic E-state index is 0.0624. The molecule has 12 heteroatoms. The lowest BCUT2D eigenvalue weighted by molar-refractivity contribution is -0.138. The van der Waals surface area contributed by atoms with Gasteiger partial charge in [-0.05, 0) is 56.5 Å². The fraction of sp³-hybridized carbons (Fsp3) is 0.400. The SMILES string of the molecule is CC12CCC(CCNS(=O)(=O)c3ccccc3)(O1)C1C(=O)N(c3ccc(C#N)c(C(F)(F)F)c3)C(=O)C12. The number of carbonyl (C=O) groups excluding carboxylic acids is 2. The monoisotopic (exact) mass is 533 g/mol. The standard InChI is InChI=1S/C25H22F3N3O5S/c1-23-9-10-24(36-23,11-12-30-37(34,35)17-5-3-2-4-6-17)20-19(23)21(32)31(22(20)33)16-8-7-15(14-29)18(13-16)25(26,27)28/h2-8,13,19-20,30H,9-12H2,1H3. The van der Waals surface area contributed by atoms with Crippen LogP contribution in [-0.2, 0) is 30.5 Å². The van der Waals surface area contributed by atoms with Gasteiger partial charge in [-0.3, -0.25) is 9.59 Å². The third-order valence-corrected chi connectivity index (χ3v) is 9.07. The van der Waals surface area contributed by atoms with Gasteiger partial charge in [0.15, 0.2) is 0 Å². The Labute approximate surface area is 211 Å². The van der Waals surface area contributed by atoms with Crippen LogP contribution in [-0.4, -0.2) is 38.0 Å². The van der Waals surface area contributed by atoms with E-state index < -0.39 is 62.2 Å². The van der Waals surface area contributed by atoms with Gasteiger partial charge in [-0.15, -0.1) is 0 Å². The van der Waals surface area contributed by atoms with Crippen molar-refractivity contribution >= 4 is 27.5 Å². The van der Waals surface area contributed by atoms with E-state index in [0.29, 0.717) is 18.9 Å². The van der Waals surface area contributed by atoms with Crippen molar-refractivity contribution in [2.24, 2.45) is 11.8 Å². The Morgan fingerprint density at radius 1 is 1.11 bits per heavy atom. The quantitative estimate of drug-likeness (QED) is 0.569. The number of hydrogen-bond acceptors (Lipinski definition) is 6. The maximum atomic E-state index is 13.6. The van der Waals surface area contributed by atoms with Gasteiger partial charge in [-0.1, -0.05) is 18.2 Å². The molecule has 5 rings (SSSR count). The fourth-order valence-electron chi connectivity index (χ4n) is 5.95. The van der Waals surface area contributed by atoms with Crippen molar-refractivity contribution in [3.05, 3.63) is 59.7 Å². The number of nitriles is 1. The first-order valence-corrected chi connectivity index (χ1v) is 13.1. The summed E-state index contributed by atoms with van der Waals surface area (Å²) in [5, 5.41) is 9.07. The van der Waals surface area contributed by atoms with Gasteiger partial charge in [0, 0.05) is 6.54 Å². The smallest absolute Gasteiger partial charge is 0.367 e. The van der Waals surface area contributed by atoms with Gasteiger partial charge in [0.2, 0.25) is 21.8 Å². The molecule has 0 radical (unpaired) electrons. The molecular formula is C25H22F3N3O5S. The highest BCUT2D eigenvalue weighted by molar-refractivity contribution is 7.89. The van der Waals surface area contributed by atoms with Crippen LogP contribution in [0.3, 0.4) is 0 Å². The van der Waals surface area contributed by atoms with Crippen LogP contribution in [0, 0.1) is 23.2 Å². The molecule has 0 aromatic heterocycles. The fourth-order valence-corrected chi connectivity index (χ4v) is 7.00. The van der Waals surface area contributed by atoms with Crippen molar-refractivity contribution in [3.8, 4) is 6.07 Å². The second-order valence-corrected chi connectivity index (χ2v) is 11.5. The largest absolute Gasteiger partial charge is 0.417 e. The summed E-state index contributed by atoms with van der Waals surface area (Å²) >= 11 is 0. The summed E-state index contributed by atoms with van der Waals surface area (Å²) in [6, 6.07) is 12.0. The summed E-state index contributed by atoms with van der Waals surface area (Å²) in [4.78, 5) is 27.8. The number of nitrogens with zero attached hydrogens (tertiary/aromatic N) is 2. The average Bonchev–Trinajstić information content (AvgIpc) is 3.43. The maximum absolute atomic E-state index is 13.6. The lowest BCUT2D eigenvalue weighted by Gasteiger charge is -2.31. The molecule has 3 saturated heterocycles. The Morgan fingerprint density at radius 3 is 2.43 bits per heavy atom. The van der Waals surface area contributed by atoms with Crippen LogP contribution < -0.4 is 9.62 Å². The first-order valence-electron chi connectivity index (χ1n) is 11.6. The molecule has 4 atom stereocenters. The number of benzene rings is 2. The summed E-state index contributed by atoms with van der Waals surface area (Å²) in [6.07, 6.45) is -3.92. The molecule has 3 aliphatic heterocycles. The third-order valence-electron chi connectivity index (χ3n) is 7.59. The normalized spacial score (nSPS) is 29.0. The van der Waals surface area contributed by atoms with E-state index in [1.165, 1.54) is 18.2 Å². The van der Waals surface area contributed by atoms with Crippen molar-refractivity contribution in [1.29, 1.82) is 5.26 Å². The number of carbonyl (C=O) groups is 2. The molecule has 8 nitrogen and oxygen atoms in total. The predicted molar refractivity (Wildman–Crippen MR) is 123 cm³/mol. The van der Waals surface area contributed by atoms with E-state index in [2.05, 4.69) is 4.72 Å². The first-order chi connectivity index (χ1) is 17.3. The molecule has 2 aromatic rings. The number of fused-ring (bicyclic) bond motifs is 5. The van der Waals surface area contributed by atoms with E-state index in [1.807, 2.05) is 0 Å². The average molecular weight is 534 g/mol. The summed E-state index contributed by atoms with van der Waals surface area (Å²) < 4.78 is 74.6. The molecule has 2 amide bonds. The van der Waals surface area contributed by atoms with Crippen molar-refractivity contribution in [1.82, 2.24) is 4.72 Å². The molecule has 0 saturated carbocycles. The number of sulfonamides is 1. The van der Waals surface area contributed by atoms with Crippen LogP contribution in [0.15, 0.2) is 53.4 Å². The van der Waals surface area contributed by atoms with Crippen LogP contribution in [0.2, 0.25) is 0 Å². The predicted octanol–water partition coefficient (Wildman–Crippen LogP) is 3.37. The second kappa shape index (κ2) is 8.37. The van der Waals surface area contributed by atoms with Gasteiger partial charge >= 0.3 is 6.18 Å². The number of nitrogens with one attached hydrogen (secondary N) is 1. The van der Waals surface area contributed by atoms with E-state index >= 15 is 0 Å². The van der Waals surface area contributed by atoms with Gasteiger partial charge in [0.1, 0.15) is 0 Å². The lowest BCUT2D eigenvalue weighted by atomic mass is 9.67. The Kier molecular flexibility index (Phi) is 5.74. The molecule has 1 N–H and O–H groups in total. The number of anilines is 1. The number of ether oxygens (including phenoxy) is 1. The highest BCUT2D eigenvalue weighted by Gasteiger charge is 2.73. The van der Waals surface area contributed by atoms with Crippen LogP contribution in [0.4, 0.5) is 18.9 Å². The van der Waals surface area contributed by atoms with E-state index in [9.17, 15) is 31.2 Å². The summed E-state index contributed by atoms with van der Waals surface area (Å²) in [7, 11) is -3.81. The molecule has 3 fully saturated rings. The highest BCUT2D eigenvalue weighted by Crippen LogP contribution is 2.62. The number of imide groups is 1. The molecule has 3 aliphatic rings. The molecule has 2 aromatic carbocycles. The number of hydrogen-bond donors (Lipinski definition) is 1. The number of amides is 2. The minimum atomic E-state index is -4.85. The van der Waals surface area contributed by atoms with E-state index in [-0.39, 0.29) is 23.5 Å². The van der Waals surface area contributed by atoms with Gasteiger partial charge in [-0.25, -0.2) is 18.0 Å². The van der Waals surface area contributed by atoms with Gasteiger partial charge in [0.05, 0.1) is 50.8 Å². The molecule has 0 aliphatic carbocycles. The zero-order chi connectivity index (χ0) is 26.8. The van der Waals surface area contributed by atoms with Crippen molar-refractivity contribution in [3.63, 3.8) is 0 Å². The van der Waals surface area contributed by atoms with Gasteiger partial charge in [0.25, 0.3) is 0 Å². The number of alkyl halides is 3. The molecule has 3 heterocycles. The van der Waals surface area contributed by atoms with Crippen LogP contribution in [0.1, 0.15) is 37.3 Å². The zero-order valence-electron chi connectivity index (χ0n) is 19.6. The van der Waals surface area contributed by atoms with Gasteiger partial charge < -0.3 is 4.74 Å². The minimum Gasteiger partial charge on any atom is -0.367 e. The Bertz CT molecular complexity index is 1440. The Balaban J connectivity index is 1.43. The van der Waals surface area contributed by atoms with Crippen molar-refractivity contribution in [2.45, 2.75) is 48.5 Å². The second-order valence-electron chi connectivity index (χ2n) is 9.75. The summed E-state index contributed by atoms with van der Waals surface area (Å²) in [5.74, 6) is -3.24. The van der Waals surface area contributed by atoms with E-state index in [4.69, 9.17) is 10.00 Å². The van der Waals surface area contributed by atoms with Crippen molar-refractivity contribution < 1.29 is 35.9 Å². The van der Waals surface area contributed by atoms with Crippen LogP contribution in [0.25, 0.3) is 0 Å². The van der Waals surface area contributed by atoms with E-state index in [0.717, 1.165) is 17.0 Å². The van der Waals surface area contributed by atoms with E-state index in [1.54, 1.807) is 25.1 Å². The third kappa shape index (κ3) is 3.93. The molecule has 37 heavy (non-hydrogen) atoms. The highest BCUT2D eigenvalue weighted by atomic mass is 32.2. The molecule has 2 bridgehead atoms. The number of rotatable bonds is 6. The molecule has 4 unspecified atom stereocenters. The molecule has 194 valence electrons. The lowest BCUT2D eigenvalue weighted by Crippen LogP contribution is -2.44. The first kappa shape index (κ1) is 25.4. The molecule has 0 spiro atoms. The zero-order valence-corrected chi connectivity index (χ0v) is 20.4. The summed E-state index contributed by atoms with van der Waals surface area (Å²) in [6.45, 7) is 1.63. The Hall–Kier alpha value is -3.27. The van der Waals surface area contributed by atoms with Crippen molar-refractivity contribution in [2.75, 3.05) is 11.4 Å². The van der Waals surface area contributed by atoms with Crippen LogP contribution in [0.5, 0.6) is 0 Å². The maximum Gasteiger partial charge on any atom is 0.417 e. The van der Waals surface area contributed by atoms with Crippen LogP contribution >= 0.6 is 0 Å². The molecular weight excluding hydrogens is 511 g/mol. The topological polar surface area (TPSA) is 117 Å².